The largest absolute Gasteiger partial charge is 0.471 e. The zero-order valence-corrected chi connectivity index (χ0v) is 21.7. The highest BCUT2D eigenvalue weighted by atomic mass is 19.4. The number of benzene rings is 1. The van der Waals surface area contributed by atoms with Crippen LogP contribution in [0.15, 0.2) is 47.2 Å². The van der Waals surface area contributed by atoms with Crippen LogP contribution in [-0.2, 0) is 4.79 Å². The lowest BCUT2D eigenvalue weighted by atomic mass is 9.72. The number of halogens is 4. The van der Waals surface area contributed by atoms with Gasteiger partial charge in [0, 0.05) is 54.7 Å². The molecule has 0 bridgehead atoms. The summed E-state index contributed by atoms with van der Waals surface area (Å²) >= 11 is 0. The Bertz CT molecular complexity index is 1700. The predicted octanol–water partition coefficient (Wildman–Crippen LogP) is 3.98. The van der Waals surface area contributed by atoms with Crippen molar-refractivity contribution in [3.8, 4) is 11.4 Å². The lowest BCUT2D eigenvalue weighted by Crippen LogP contribution is -2.74. The van der Waals surface area contributed by atoms with Crippen LogP contribution in [-0.4, -0.2) is 75.0 Å². The van der Waals surface area contributed by atoms with E-state index in [9.17, 15) is 27.2 Å². The van der Waals surface area contributed by atoms with E-state index < -0.39 is 18.3 Å². The van der Waals surface area contributed by atoms with Gasteiger partial charge in [-0.25, -0.2) is 8.91 Å². The number of carbonyl (C=O) groups is 2. The van der Waals surface area contributed by atoms with Gasteiger partial charge in [0.1, 0.15) is 6.17 Å². The number of aromatic nitrogens is 4. The molecule has 14 heteroatoms. The molecule has 212 valence electrons. The van der Waals surface area contributed by atoms with Crippen LogP contribution in [0.1, 0.15) is 34.2 Å². The molecule has 1 aromatic carbocycles. The quantitative estimate of drug-likeness (QED) is 0.362. The van der Waals surface area contributed by atoms with Gasteiger partial charge in [-0.05, 0) is 37.1 Å². The standard InChI is InChI=1S/C27H23F4N7O3/c1-14-2-3-15(22-34-24(41-35-22)17-8-19(17)28)6-20(14)33-23(39)18-9-32-38-5-4-16(7-21(18)38)36-10-26(11-36)12-37(13-26)25(40)27(29,30)31/h2-7,9,17,19H,8,10-13H2,1H3,(H,33,39)/t17-,19-/m0/s1. The number of anilines is 2. The third-order valence-corrected chi connectivity index (χ3v) is 7.97. The number of alkyl halides is 4. The summed E-state index contributed by atoms with van der Waals surface area (Å²) in [6, 6.07) is 8.97. The Morgan fingerprint density at radius 1 is 1.12 bits per heavy atom. The summed E-state index contributed by atoms with van der Waals surface area (Å²) in [5.74, 6) is -1.97. The summed E-state index contributed by atoms with van der Waals surface area (Å²) < 4.78 is 58.2. The fourth-order valence-corrected chi connectivity index (χ4v) is 5.58. The third kappa shape index (κ3) is 4.37. The van der Waals surface area contributed by atoms with Crippen molar-refractivity contribution < 1.29 is 31.7 Å². The van der Waals surface area contributed by atoms with Gasteiger partial charge in [0.05, 0.1) is 23.2 Å². The van der Waals surface area contributed by atoms with Gasteiger partial charge in [0.15, 0.2) is 0 Å². The van der Waals surface area contributed by atoms with E-state index in [0.29, 0.717) is 47.7 Å². The molecule has 1 N–H and O–H groups in total. The molecule has 10 nitrogen and oxygen atoms in total. The number of fused-ring (bicyclic) bond motifs is 1. The van der Waals surface area contributed by atoms with E-state index in [-0.39, 0.29) is 36.2 Å². The zero-order valence-electron chi connectivity index (χ0n) is 21.7. The molecule has 1 spiro atoms. The second kappa shape index (κ2) is 8.75. The molecule has 2 amide bonds. The number of carbonyl (C=O) groups excluding carboxylic acids is 2. The Morgan fingerprint density at radius 2 is 1.88 bits per heavy atom. The van der Waals surface area contributed by atoms with E-state index in [1.165, 1.54) is 6.20 Å². The molecule has 5 heterocycles. The summed E-state index contributed by atoms with van der Waals surface area (Å²) in [6.45, 7) is 3.01. The molecule has 3 fully saturated rings. The van der Waals surface area contributed by atoms with Gasteiger partial charge in [-0.2, -0.15) is 23.3 Å². The number of hydrogen-bond acceptors (Lipinski definition) is 7. The van der Waals surface area contributed by atoms with Gasteiger partial charge >= 0.3 is 12.1 Å². The summed E-state index contributed by atoms with van der Waals surface area (Å²) in [5, 5.41) is 11.1. The van der Waals surface area contributed by atoms with E-state index in [0.717, 1.165) is 16.2 Å². The summed E-state index contributed by atoms with van der Waals surface area (Å²) in [7, 11) is 0. The van der Waals surface area contributed by atoms with Crippen LogP contribution < -0.4 is 10.2 Å². The summed E-state index contributed by atoms with van der Waals surface area (Å²) in [5.41, 5.74) is 3.30. The Balaban J connectivity index is 1.05. The van der Waals surface area contributed by atoms with Crippen LogP contribution >= 0.6 is 0 Å². The minimum absolute atomic E-state index is 0.0744. The van der Waals surface area contributed by atoms with Crippen LogP contribution in [0.3, 0.4) is 0 Å². The third-order valence-electron chi connectivity index (χ3n) is 7.97. The molecule has 1 saturated carbocycles. The molecule has 1 aliphatic carbocycles. The second-order valence-electron chi connectivity index (χ2n) is 11.1. The van der Waals surface area contributed by atoms with Crippen LogP contribution in [0.25, 0.3) is 16.9 Å². The normalized spacial score (nSPS) is 21.1. The highest BCUT2D eigenvalue weighted by Gasteiger charge is 2.57. The van der Waals surface area contributed by atoms with E-state index in [1.54, 1.807) is 22.8 Å². The molecule has 2 saturated heterocycles. The van der Waals surface area contributed by atoms with Crippen molar-refractivity contribution in [2.24, 2.45) is 5.41 Å². The van der Waals surface area contributed by atoms with Crippen molar-refractivity contribution >= 4 is 28.7 Å². The highest BCUT2D eigenvalue weighted by Crippen LogP contribution is 2.44. The SMILES string of the molecule is Cc1ccc(-c2noc([C@H]3C[C@@H]3F)n2)cc1NC(=O)c1cnn2ccc(N3CC4(CN(C(=O)C(F)(F)F)C4)C3)cc12. The van der Waals surface area contributed by atoms with Crippen molar-refractivity contribution in [3.63, 3.8) is 0 Å². The van der Waals surface area contributed by atoms with Crippen LogP contribution in [0.5, 0.6) is 0 Å². The van der Waals surface area contributed by atoms with Crippen LogP contribution in [0.2, 0.25) is 0 Å². The predicted molar refractivity (Wildman–Crippen MR) is 137 cm³/mol. The molecule has 7 rings (SSSR count). The van der Waals surface area contributed by atoms with Crippen molar-refractivity contribution in [1.82, 2.24) is 24.7 Å². The van der Waals surface area contributed by atoms with Crippen molar-refractivity contribution in [2.45, 2.75) is 31.6 Å². The number of pyridine rings is 1. The van der Waals surface area contributed by atoms with Gasteiger partial charge in [-0.1, -0.05) is 17.3 Å². The molecular weight excluding hydrogens is 546 g/mol. The maximum absolute atomic E-state index is 13.4. The van der Waals surface area contributed by atoms with Gasteiger partial charge in [0.25, 0.3) is 5.91 Å². The Kier molecular flexibility index (Phi) is 5.44. The molecule has 41 heavy (non-hydrogen) atoms. The van der Waals surface area contributed by atoms with Gasteiger partial charge in [-0.3, -0.25) is 9.59 Å². The molecule has 0 radical (unpaired) electrons. The van der Waals surface area contributed by atoms with Crippen molar-refractivity contribution in [3.05, 3.63) is 59.7 Å². The molecule has 3 aliphatic rings. The first-order valence-electron chi connectivity index (χ1n) is 13.0. The van der Waals surface area contributed by atoms with Crippen LogP contribution in [0, 0.1) is 12.3 Å². The first kappa shape index (κ1) is 25.5. The average Bonchev–Trinajstić information content (AvgIpc) is 3.26. The molecule has 0 unspecified atom stereocenters. The Hall–Kier alpha value is -4.49. The smallest absolute Gasteiger partial charge is 0.370 e. The number of nitrogens with one attached hydrogen (secondary N) is 1. The first-order chi connectivity index (χ1) is 19.5. The Morgan fingerprint density at radius 3 is 2.59 bits per heavy atom. The van der Waals surface area contributed by atoms with Crippen molar-refractivity contribution in [1.29, 1.82) is 0 Å². The maximum atomic E-state index is 13.4. The number of amides is 2. The van der Waals surface area contributed by atoms with Crippen LogP contribution in [0.4, 0.5) is 28.9 Å². The second-order valence-corrected chi connectivity index (χ2v) is 11.1. The molecule has 2 atom stereocenters. The van der Waals surface area contributed by atoms with E-state index >= 15 is 0 Å². The first-order valence-corrected chi connectivity index (χ1v) is 13.0. The molecule has 2 aliphatic heterocycles. The van der Waals surface area contributed by atoms with E-state index in [1.807, 2.05) is 30.0 Å². The number of aryl methyl sites for hydroxylation is 1. The van der Waals surface area contributed by atoms with Gasteiger partial charge in [0.2, 0.25) is 11.7 Å². The lowest BCUT2D eigenvalue weighted by Gasteiger charge is -2.60. The number of nitrogens with zero attached hydrogens (tertiary/aromatic N) is 6. The zero-order chi connectivity index (χ0) is 28.7. The molecular formula is C27H23F4N7O3. The minimum atomic E-state index is -4.86. The van der Waals surface area contributed by atoms with E-state index in [2.05, 4.69) is 20.6 Å². The monoisotopic (exact) mass is 569 g/mol. The fraction of sp³-hybridized carbons (Fsp3) is 0.370. The summed E-state index contributed by atoms with van der Waals surface area (Å²) in [4.78, 5) is 31.9. The summed E-state index contributed by atoms with van der Waals surface area (Å²) in [6.07, 6.45) is -2.26. The highest BCUT2D eigenvalue weighted by molar-refractivity contribution is 6.09. The molecule has 4 aromatic rings. The number of hydrogen-bond donors (Lipinski definition) is 1. The van der Waals surface area contributed by atoms with Gasteiger partial charge in [-0.15, -0.1) is 0 Å². The number of rotatable bonds is 5. The van der Waals surface area contributed by atoms with E-state index in [4.69, 9.17) is 4.52 Å². The van der Waals surface area contributed by atoms with Crippen molar-refractivity contribution in [2.75, 3.05) is 36.4 Å². The average molecular weight is 570 g/mol. The maximum Gasteiger partial charge on any atom is 0.471 e. The lowest BCUT2D eigenvalue weighted by molar-refractivity contribution is -0.197. The molecule has 3 aromatic heterocycles. The fourth-order valence-electron chi connectivity index (χ4n) is 5.58. The Labute approximate surface area is 229 Å². The topological polar surface area (TPSA) is 109 Å². The van der Waals surface area contributed by atoms with Gasteiger partial charge < -0.3 is 19.6 Å². The number of likely N-dealkylation sites (tertiary alicyclic amines) is 1. The minimum Gasteiger partial charge on any atom is -0.370 e.